The van der Waals surface area contributed by atoms with E-state index in [1.807, 2.05) is 4.90 Å². The maximum Gasteiger partial charge on any atom is 0.255 e. The van der Waals surface area contributed by atoms with Crippen LogP contribution in [0.4, 0.5) is 0 Å². The van der Waals surface area contributed by atoms with Gasteiger partial charge in [-0.3, -0.25) is 9.78 Å². The molecule has 1 N–H and O–H groups in total. The molecule has 4 nitrogen and oxygen atoms in total. The topological polar surface area (TPSA) is 53.4 Å². The van der Waals surface area contributed by atoms with Crippen LogP contribution in [0.15, 0.2) is 18.5 Å². The summed E-state index contributed by atoms with van der Waals surface area (Å²) in [7, 11) is 0. The molecule has 21 heavy (non-hydrogen) atoms. The number of carbonyl (C=O) groups excluding carboxylic acids is 1. The van der Waals surface area contributed by atoms with Crippen molar-refractivity contribution in [1.82, 2.24) is 9.88 Å². The van der Waals surface area contributed by atoms with Crippen LogP contribution in [-0.4, -0.2) is 40.6 Å². The van der Waals surface area contributed by atoms with Gasteiger partial charge in [0.05, 0.1) is 12.2 Å². The van der Waals surface area contributed by atoms with Crippen molar-refractivity contribution in [3.8, 4) is 11.8 Å². The molecule has 0 spiro atoms. The fourth-order valence-corrected chi connectivity index (χ4v) is 2.69. The van der Waals surface area contributed by atoms with E-state index in [0.717, 1.165) is 25.1 Å². The zero-order chi connectivity index (χ0) is 15.1. The monoisotopic (exact) mass is 286 g/mol. The summed E-state index contributed by atoms with van der Waals surface area (Å²) < 4.78 is 0. The quantitative estimate of drug-likeness (QED) is 0.862. The van der Waals surface area contributed by atoms with E-state index in [2.05, 4.69) is 23.7 Å². The first-order valence-corrected chi connectivity index (χ1v) is 7.58. The number of carbonyl (C=O) groups is 1. The minimum atomic E-state index is 0.0473. The zero-order valence-corrected chi connectivity index (χ0v) is 12.5. The highest BCUT2D eigenvalue weighted by Gasteiger charge is 2.26. The van der Waals surface area contributed by atoms with Crippen LogP contribution < -0.4 is 0 Å². The van der Waals surface area contributed by atoms with Crippen molar-refractivity contribution in [2.75, 3.05) is 19.7 Å². The van der Waals surface area contributed by atoms with Crippen molar-refractivity contribution in [1.29, 1.82) is 0 Å². The van der Waals surface area contributed by atoms with Gasteiger partial charge in [0.25, 0.3) is 5.91 Å². The summed E-state index contributed by atoms with van der Waals surface area (Å²) in [5.74, 6) is 6.45. The van der Waals surface area contributed by atoms with Gasteiger partial charge in [0.15, 0.2) is 0 Å². The van der Waals surface area contributed by atoms with Crippen LogP contribution in [0.3, 0.4) is 0 Å². The Kier molecular flexibility index (Phi) is 5.77. The molecule has 0 radical (unpaired) electrons. The Hall–Kier alpha value is -1.86. The third-order valence-corrected chi connectivity index (χ3v) is 3.72. The first kappa shape index (κ1) is 15.5. The molecule has 1 fully saturated rings. The third-order valence-electron chi connectivity index (χ3n) is 3.72. The summed E-state index contributed by atoms with van der Waals surface area (Å²) in [6, 6.07) is 1.78. The maximum atomic E-state index is 12.5. The lowest BCUT2D eigenvalue weighted by Gasteiger charge is -2.16. The molecule has 1 aliphatic heterocycles. The molecule has 1 atom stereocenters. The summed E-state index contributed by atoms with van der Waals surface area (Å²) >= 11 is 0. The predicted octanol–water partition coefficient (Wildman–Crippen LogP) is 2.08. The summed E-state index contributed by atoms with van der Waals surface area (Å²) in [6.07, 6.45) is 7.14. The van der Waals surface area contributed by atoms with Crippen LogP contribution in [0.1, 0.15) is 48.5 Å². The third kappa shape index (κ3) is 4.30. The Labute approximate surface area is 126 Å². The molecule has 0 aromatic carbocycles. The Bertz CT molecular complexity index is 545. The van der Waals surface area contributed by atoms with E-state index in [0.29, 0.717) is 17.9 Å². The van der Waals surface area contributed by atoms with Crippen molar-refractivity contribution >= 4 is 5.91 Å². The highest BCUT2D eigenvalue weighted by atomic mass is 16.2. The fraction of sp³-hybridized carbons (Fsp3) is 0.529. The minimum absolute atomic E-state index is 0.0473. The molecule has 1 aromatic heterocycles. The average Bonchev–Trinajstić information content (AvgIpc) is 2.96. The van der Waals surface area contributed by atoms with E-state index in [-0.39, 0.29) is 12.5 Å². The second-order valence-electron chi connectivity index (χ2n) is 5.43. The zero-order valence-electron chi connectivity index (χ0n) is 12.5. The molecule has 1 aromatic rings. The molecule has 2 heterocycles. The summed E-state index contributed by atoms with van der Waals surface area (Å²) in [4.78, 5) is 18.5. The Morgan fingerprint density at radius 3 is 3.14 bits per heavy atom. The molecule has 1 aliphatic rings. The first-order valence-electron chi connectivity index (χ1n) is 7.58. The van der Waals surface area contributed by atoms with Gasteiger partial charge < -0.3 is 10.0 Å². The van der Waals surface area contributed by atoms with Crippen LogP contribution >= 0.6 is 0 Å². The number of aliphatic hydroxyl groups is 1. The van der Waals surface area contributed by atoms with Crippen molar-refractivity contribution < 1.29 is 9.90 Å². The summed E-state index contributed by atoms with van der Waals surface area (Å²) in [5.41, 5.74) is 1.32. The van der Waals surface area contributed by atoms with Crippen molar-refractivity contribution in [3.63, 3.8) is 0 Å². The van der Waals surface area contributed by atoms with Gasteiger partial charge in [-0.05, 0) is 24.8 Å². The van der Waals surface area contributed by atoms with Crippen LogP contribution in [0.2, 0.25) is 0 Å². The van der Waals surface area contributed by atoms with Gasteiger partial charge in [-0.2, -0.15) is 0 Å². The molecule has 1 unspecified atom stereocenters. The molecule has 0 saturated carbocycles. The van der Waals surface area contributed by atoms with Crippen LogP contribution in [-0.2, 0) is 0 Å². The number of hydrogen-bond donors (Lipinski definition) is 1. The van der Waals surface area contributed by atoms with E-state index in [1.54, 1.807) is 18.5 Å². The molecular weight excluding hydrogens is 264 g/mol. The number of hydrogen-bond acceptors (Lipinski definition) is 3. The first-order chi connectivity index (χ1) is 10.2. The van der Waals surface area contributed by atoms with E-state index in [9.17, 15) is 4.79 Å². The number of rotatable bonds is 4. The fourth-order valence-electron chi connectivity index (χ4n) is 2.69. The molecule has 112 valence electrons. The van der Waals surface area contributed by atoms with Gasteiger partial charge in [0, 0.05) is 37.5 Å². The largest absolute Gasteiger partial charge is 0.395 e. The average molecular weight is 286 g/mol. The molecule has 0 aliphatic carbocycles. The maximum absolute atomic E-state index is 12.5. The van der Waals surface area contributed by atoms with Gasteiger partial charge in [-0.25, -0.2) is 0 Å². The van der Waals surface area contributed by atoms with Crippen LogP contribution in [0.5, 0.6) is 0 Å². The van der Waals surface area contributed by atoms with Crippen molar-refractivity contribution in [3.05, 3.63) is 29.6 Å². The van der Waals surface area contributed by atoms with Gasteiger partial charge in [0.1, 0.15) is 0 Å². The number of aromatic nitrogens is 1. The highest BCUT2D eigenvalue weighted by molar-refractivity contribution is 5.94. The minimum Gasteiger partial charge on any atom is -0.395 e. The number of likely N-dealkylation sites (tertiary alicyclic amines) is 1. The van der Waals surface area contributed by atoms with Crippen molar-refractivity contribution in [2.24, 2.45) is 5.92 Å². The number of nitrogens with zero attached hydrogens (tertiary/aromatic N) is 2. The van der Waals surface area contributed by atoms with Crippen molar-refractivity contribution in [2.45, 2.75) is 32.6 Å². The van der Waals surface area contributed by atoms with Crippen LogP contribution in [0.25, 0.3) is 0 Å². The van der Waals surface area contributed by atoms with E-state index in [4.69, 9.17) is 5.11 Å². The molecule has 1 saturated heterocycles. The molecule has 4 heteroatoms. The lowest BCUT2D eigenvalue weighted by atomic mass is 10.0. The van der Waals surface area contributed by atoms with E-state index in [1.165, 1.54) is 12.8 Å². The van der Waals surface area contributed by atoms with E-state index < -0.39 is 0 Å². The van der Waals surface area contributed by atoms with Gasteiger partial charge in [0.2, 0.25) is 0 Å². The van der Waals surface area contributed by atoms with Crippen LogP contribution in [0, 0.1) is 17.8 Å². The Morgan fingerprint density at radius 2 is 2.38 bits per heavy atom. The number of pyridine rings is 1. The normalized spacial score (nSPS) is 17.4. The lowest BCUT2D eigenvalue weighted by Crippen LogP contribution is -2.28. The Balaban J connectivity index is 2.03. The summed E-state index contributed by atoms with van der Waals surface area (Å²) in [5, 5.41) is 8.72. The number of aliphatic hydroxyl groups excluding tert-OH is 1. The second kappa shape index (κ2) is 7.80. The Morgan fingerprint density at radius 1 is 1.52 bits per heavy atom. The highest BCUT2D eigenvalue weighted by Crippen LogP contribution is 2.22. The smallest absolute Gasteiger partial charge is 0.255 e. The number of amides is 1. The molecule has 0 bridgehead atoms. The van der Waals surface area contributed by atoms with E-state index >= 15 is 0 Å². The second-order valence-corrected chi connectivity index (χ2v) is 5.43. The SMILES string of the molecule is CCCC1CCN(C(=O)c2cncc(C#CCCO)c2)C1. The summed E-state index contributed by atoms with van der Waals surface area (Å²) in [6.45, 7) is 3.92. The molecule has 2 rings (SSSR count). The van der Waals surface area contributed by atoms with Gasteiger partial charge in [-0.15, -0.1) is 0 Å². The predicted molar refractivity (Wildman–Crippen MR) is 81.7 cm³/mol. The standard InChI is InChI=1S/C17H22N2O2/c1-2-5-14-7-8-19(13-14)17(21)16-10-15(11-18-12-16)6-3-4-9-20/h10-12,14,20H,2,4-5,7-9,13H2,1H3. The van der Waals surface area contributed by atoms with Gasteiger partial charge >= 0.3 is 0 Å². The molecule has 1 amide bonds. The van der Waals surface area contributed by atoms with Gasteiger partial charge in [-0.1, -0.05) is 25.2 Å². The molecular formula is C17H22N2O2. The lowest BCUT2D eigenvalue weighted by molar-refractivity contribution is 0.0786.